The molecule has 3 fully saturated rings. The Morgan fingerprint density at radius 2 is 1.93 bits per heavy atom. The second-order valence-electron chi connectivity index (χ2n) is 8.47. The van der Waals surface area contributed by atoms with E-state index in [-0.39, 0.29) is 5.91 Å². The maximum atomic E-state index is 13.4. The number of nitrogens with one attached hydrogen (secondary N) is 1. The highest BCUT2D eigenvalue weighted by molar-refractivity contribution is 5.94. The van der Waals surface area contributed by atoms with Crippen LogP contribution in [0, 0.1) is 5.92 Å². The van der Waals surface area contributed by atoms with Crippen molar-refractivity contribution >= 4 is 5.91 Å². The van der Waals surface area contributed by atoms with Crippen LogP contribution in [0.3, 0.4) is 0 Å². The van der Waals surface area contributed by atoms with Gasteiger partial charge in [0, 0.05) is 43.5 Å². The van der Waals surface area contributed by atoms with E-state index in [9.17, 15) is 4.79 Å². The van der Waals surface area contributed by atoms with Crippen LogP contribution in [0.1, 0.15) is 53.0 Å². The minimum absolute atomic E-state index is 0.158. The van der Waals surface area contributed by atoms with Gasteiger partial charge in [0.1, 0.15) is 0 Å². The van der Waals surface area contributed by atoms with Gasteiger partial charge in [-0.3, -0.25) is 14.8 Å². The Bertz CT molecular complexity index is 815. The van der Waals surface area contributed by atoms with Gasteiger partial charge < -0.3 is 4.90 Å². The second kappa shape index (κ2) is 7.12. The molecule has 0 radical (unpaired) electrons. The van der Waals surface area contributed by atoms with Crippen LogP contribution in [0.2, 0.25) is 0 Å². The van der Waals surface area contributed by atoms with E-state index in [1.54, 1.807) is 0 Å². The number of nitrogens with zero attached hydrogens (tertiary/aromatic N) is 3. The third-order valence-corrected chi connectivity index (χ3v) is 6.56. The quantitative estimate of drug-likeness (QED) is 0.911. The van der Waals surface area contributed by atoms with Crippen molar-refractivity contribution in [3.05, 3.63) is 52.8 Å². The molecule has 3 saturated heterocycles. The minimum atomic E-state index is 0.158. The highest BCUT2D eigenvalue weighted by Crippen LogP contribution is 2.31. The fraction of sp³-hybridized carbons (Fsp3) is 0.545. The normalized spacial score (nSPS) is 25.3. The Kier molecular flexibility index (Phi) is 4.48. The van der Waals surface area contributed by atoms with E-state index in [0.29, 0.717) is 17.7 Å². The van der Waals surface area contributed by atoms with Crippen LogP contribution in [0.5, 0.6) is 0 Å². The minimum Gasteiger partial charge on any atom is -0.333 e. The van der Waals surface area contributed by atoms with Crippen molar-refractivity contribution in [3.63, 3.8) is 0 Å². The molecular weight excluding hydrogens is 336 g/mol. The molecule has 4 heterocycles. The first-order valence-corrected chi connectivity index (χ1v) is 10.4. The molecular formula is C22H28N4O. The van der Waals surface area contributed by atoms with E-state index in [1.165, 1.54) is 36.1 Å². The third-order valence-electron chi connectivity index (χ3n) is 6.56. The van der Waals surface area contributed by atoms with Crippen molar-refractivity contribution in [3.8, 4) is 0 Å². The number of aromatic nitrogens is 2. The predicted octanol–water partition coefficient (Wildman–Crippen LogP) is 3.03. The van der Waals surface area contributed by atoms with E-state index in [4.69, 9.17) is 0 Å². The molecule has 1 N–H and O–H groups in total. The number of hydrogen-bond acceptors (Lipinski definition) is 3. The Hall–Kier alpha value is -2.14. The van der Waals surface area contributed by atoms with Gasteiger partial charge in [-0.15, -0.1) is 0 Å². The molecule has 1 amide bonds. The number of piperidine rings is 1. The number of fused-ring (bicyclic) bond motifs is 5. The Morgan fingerprint density at radius 3 is 2.81 bits per heavy atom. The van der Waals surface area contributed by atoms with Crippen molar-refractivity contribution < 1.29 is 4.79 Å². The number of benzene rings is 1. The molecule has 2 aromatic rings. The van der Waals surface area contributed by atoms with Crippen LogP contribution < -0.4 is 0 Å². The summed E-state index contributed by atoms with van der Waals surface area (Å²) in [5.74, 6) is 0.733. The first-order valence-electron chi connectivity index (χ1n) is 10.4. The molecule has 0 saturated carbocycles. The van der Waals surface area contributed by atoms with Gasteiger partial charge >= 0.3 is 0 Å². The SMILES string of the molecule is O=C(c1n[nH]c2c1CCCC2)N1CC2CCC1CN(Cc1ccccc1)C2. The van der Waals surface area contributed by atoms with Crippen molar-refractivity contribution in [2.75, 3.05) is 19.6 Å². The zero-order valence-electron chi connectivity index (χ0n) is 15.9. The van der Waals surface area contributed by atoms with Crippen LogP contribution >= 0.6 is 0 Å². The van der Waals surface area contributed by atoms with Gasteiger partial charge in [0.05, 0.1) is 0 Å². The van der Waals surface area contributed by atoms with Crippen LogP contribution in [0.25, 0.3) is 0 Å². The molecule has 4 aliphatic rings. The summed E-state index contributed by atoms with van der Waals surface area (Å²) in [6, 6.07) is 11.0. The summed E-state index contributed by atoms with van der Waals surface area (Å²) in [7, 11) is 0. The van der Waals surface area contributed by atoms with E-state index in [1.807, 2.05) is 0 Å². The fourth-order valence-corrected chi connectivity index (χ4v) is 5.19. The second-order valence-corrected chi connectivity index (χ2v) is 8.47. The summed E-state index contributed by atoms with van der Waals surface area (Å²) in [6.45, 7) is 3.93. The van der Waals surface area contributed by atoms with Crippen LogP contribution in [-0.2, 0) is 19.4 Å². The van der Waals surface area contributed by atoms with Crippen LogP contribution in [-0.4, -0.2) is 51.6 Å². The van der Waals surface area contributed by atoms with Crippen LogP contribution in [0.15, 0.2) is 30.3 Å². The van der Waals surface area contributed by atoms with Gasteiger partial charge in [0.25, 0.3) is 5.91 Å². The number of carbonyl (C=O) groups is 1. The Morgan fingerprint density at radius 1 is 1.07 bits per heavy atom. The van der Waals surface area contributed by atoms with Crippen LogP contribution in [0.4, 0.5) is 0 Å². The van der Waals surface area contributed by atoms with Crippen molar-refractivity contribution in [2.24, 2.45) is 5.92 Å². The molecule has 0 spiro atoms. The third kappa shape index (κ3) is 3.29. The summed E-state index contributed by atoms with van der Waals surface area (Å²) in [4.78, 5) is 18.1. The molecule has 5 heteroatoms. The first-order chi connectivity index (χ1) is 13.3. The number of aryl methyl sites for hydroxylation is 1. The lowest BCUT2D eigenvalue weighted by Gasteiger charge is -2.36. The standard InChI is InChI=1S/C22H28N4O/c27-22(21-19-8-4-5-9-20(19)23-24-21)26-14-17-10-11-18(26)15-25(13-17)12-16-6-2-1-3-7-16/h1-3,6-7,17-18H,4-5,8-15H2,(H,23,24). The monoisotopic (exact) mass is 364 g/mol. The Labute approximate surface area is 160 Å². The lowest BCUT2D eigenvalue weighted by Crippen LogP contribution is -2.47. The highest BCUT2D eigenvalue weighted by Gasteiger charge is 2.39. The lowest BCUT2D eigenvalue weighted by molar-refractivity contribution is 0.0577. The summed E-state index contributed by atoms with van der Waals surface area (Å²) in [6.07, 6.45) is 6.75. The molecule has 1 aromatic heterocycles. The Balaban J connectivity index is 1.34. The van der Waals surface area contributed by atoms with Gasteiger partial charge in [0.15, 0.2) is 5.69 Å². The van der Waals surface area contributed by atoms with E-state index in [2.05, 4.69) is 50.3 Å². The number of aromatic amines is 1. The zero-order valence-corrected chi connectivity index (χ0v) is 15.9. The molecule has 2 atom stereocenters. The molecule has 27 heavy (non-hydrogen) atoms. The average molecular weight is 364 g/mol. The molecule has 6 rings (SSSR count). The van der Waals surface area contributed by atoms with Crippen molar-refractivity contribution in [2.45, 2.75) is 51.1 Å². The molecule has 3 aliphatic heterocycles. The number of hydrogen-bond donors (Lipinski definition) is 1. The molecule has 2 unspecified atom stereocenters. The average Bonchev–Trinajstić information content (AvgIpc) is 2.94. The number of H-pyrrole nitrogens is 1. The van der Waals surface area contributed by atoms with E-state index in [0.717, 1.165) is 45.4 Å². The van der Waals surface area contributed by atoms with Gasteiger partial charge in [-0.1, -0.05) is 30.3 Å². The van der Waals surface area contributed by atoms with Gasteiger partial charge in [0.2, 0.25) is 0 Å². The molecule has 1 aromatic carbocycles. The molecule has 2 bridgehead atoms. The number of rotatable bonds is 3. The molecule has 1 aliphatic carbocycles. The highest BCUT2D eigenvalue weighted by atomic mass is 16.2. The van der Waals surface area contributed by atoms with Gasteiger partial charge in [-0.25, -0.2) is 0 Å². The lowest BCUT2D eigenvalue weighted by atomic mass is 9.92. The number of carbonyl (C=O) groups excluding carboxylic acids is 1. The van der Waals surface area contributed by atoms with Crippen molar-refractivity contribution in [1.29, 1.82) is 0 Å². The summed E-state index contributed by atoms with van der Waals surface area (Å²) in [5.41, 5.74) is 4.44. The van der Waals surface area contributed by atoms with Crippen molar-refractivity contribution in [1.82, 2.24) is 20.0 Å². The first kappa shape index (κ1) is 17.0. The van der Waals surface area contributed by atoms with Gasteiger partial charge in [-0.2, -0.15) is 5.10 Å². The summed E-state index contributed by atoms with van der Waals surface area (Å²) >= 11 is 0. The van der Waals surface area contributed by atoms with E-state index < -0.39 is 0 Å². The smallest absolute Gasteiger partial charge is 0.274 e. The predicted molar refractivity (Wildman–Crippen MR) is 104 cm³/mol. The largest absolute Gasteiger partial charge is 0.333 e. The zero-order chi connectivity index (χ0) is 18.2. The van der Waals surface area contributed by atoms with E-state index >= 15 is 0 Å². The summed E-state index contributed by atoms with van der Waals surface area (Å²) in [5, 5.41) is 7.58. The topological polar surface area (TPSA) is 52.2 Å². The molecule has 142 valence electrons. The number of amides is 1. The maximum Gasteiger partial charge on any atom is 0.274 e. The molecule has 5 nitrogen and oxygen atoms in total. The summed E-state index contributed by atoms with van der Waals surface area (Å²) < 4.78 is 0. The van der Waals surface area contributed by atoms with Gasteiger partial charge in [-0.05, 0) is 50.0 Å². The maximum absolute atomic E-state index is 13.4. The fourth-order valence-electron chi connectivity index (χ4n) is 5.19.